The summed E-state index contributed by atoms with van der Waals surface area (Å²) in [5.74, 6) is 0.464. The van der Waals surface area contributed by atoms with Crippen LogP contribution in [0.4, 0.5) is 5.69 Å². The van der Waals surface area contributed by atoms with Crippen LogP contribution in [0.1, 0.15) is 18.1 Å². The molecule has 1 aliphatic heterocycles. The van der Waals surface area contributed by atoms with Gasteiger partial charge in [0.05, 0.1) is 31.4 Å². The SMILES string of the molecule is CCOC(=O)C1=C(O)/C(=C\c2cc(OC)cc(OC)c2)SC1=Nc1cccc(C)c1. The third kappa shape index (κ3) is 4.86. The Morgan fingerprint density at radius 3 is 2.43 bits per heavy atom. The molecule has 2 aromatic rings. The number of ether oxygens (including phenoxy) is 3. The van der Waals surface area contributed by atoms with Crippen molar-refractivity contribution >= 4 is 34.5 Å². The molecule has 1 N–H and O–H groups in total. The number of thioether (sulfide) groups is 1. The van der Waals surface area contributed by atoms with Crippen molar-refractivity contribution in [3.8, 4) is 11.5 Å². The van der Waals surface area contributed by atoms with Crippen molar-refractivity contribution in [2.24, 2.45) is 4.99 Å². The fourth-order valence-electron chi connectivity index (χ4n) is 2.87. The molecule has 0 amide bonds. The number of aliphatic hydroxyl groups is 1. The number of aliphatic imine (C=N–C) groups is 1. The van der Waals surface area contributed by atoms with E-state index in [1.165, 1.54) is 11.8 Å². The summed E-state index contributed by atoms with van der Waals surface area (Å²) in [5, 5.41) is 11.2. The lowest BCUT2D eigenvalue weighted by Gasteiger charge is -2.06. The van der Waals surface area contributed by atoms with E-state index in [4.69, 9.17) is 14.2 Å². The molecule has 6 nitrogen and oxygen atoms in total. The topological polar surface area (TPSA) is 77.4 Å². The number of aliphatic hydroxyl groups excluding tert-OH is 1. The maximum Gasteiger partial charge on any atom is 0.344 e. The molecule has 0 radical (unpaired) electrons. The van der Waals surface area contributed by atoms with Crippen LogP contribution in [0.2, 0.25) is 0 Å². The fourth-order valence-corrected chi connectivity index (χ4v) is 3.91. The molecule has 0 fully saturated rings. The maximum atomic E-state index is 12.5. The van der Waals surface area contributed by atoms with E-state index >= 15 is 0 Å². The molecule has 0 unspecified atom stereocenters. The number of aryl methyl sites for hydroxylation is 1. The van der Waals surface area contributed by atoms with Gasteiger partial charge in [0, 0.05) is 6.07 Å². The van der Waals surface area contributed by atoms with Crippen LogP contribution in [-0.2, 0) is 9.53 Å². The number of esters is 1. The normalized spacial score (nSPS) is 16.3. The maximum absolute atomic E-state index is 12.5. The van der Waals surface area contributed by atoms with Gasteiger partial charge in [0.1, 0.15) is 27.9 Å². The zero-order chi connectivity index (χ0) is 21.7. The molecule has 0 spiro atoms. The molecule has 1 heterocycles. The molecular formula is C23H23NO5S. The summed E-state index contributed by atoms with van der Waals surface area (Å²) in [5.41, 5.74) is 2.55. The third-order valence-electron chi connectivity index (χ3n) is 4.27. The van der Waals surface area contributed by atoms with Crippen LogP contribution in [0.5, 0.6) is 11.5 Å². The molecule has 7 heteroatoms. The Bertz CT molecular complexity index is 1030. The number of hydrogen-bond donors (Lipinski definition) is 1. The molecular weight excluding hydrogens is 402 g/mol. The Morgan fingerprint density at radius 1 is 1.13 bits per heavy atom. The number of nitrogens with zero attached hydrogens (tertiary/aromatic N) is 1. The number of carbonyl (C=O) groups excluding carboxylic acids is 1. The molecule has 0 bridgehead atoms. The largest absolute Gasteiger partial charge is 0.506 e. The van der Waals surface area contributed by atoms with E-state index in [2.05, 4.69) is 4.99 Å². The van der Waals surface area contributed by atoms with Gasteiger partial charge in [-0.05, 0) is 55.3 Å². The van der Waals surface area contributed by atoms with Crippen molar-refractivity contribution in [1.82, 2.24) is 0 Å². The van der Waals surface area contributed by atoms with E-state index in [0.29, 0.717) is 27.1 Å². The van der Waals surface area contributed by atoms with Gasteiger partial charge < -0.3 is 19.3 Å². The van der Waals surface area contributed by atoms with Gasteiger partial charge in [-0.3, -0.25) is 0 Å². The van der Waals surface area contributed by atoms with Gasteiger partial charge in [-0.15, -0.1) is 0 Å². The first-order valence-electron chi connectivity index (χ1n) is 9.34. The number of methoxy groups -OCH3 is 2. The van der Waals surface area contributed by atoms with Crippen LogP contribution in [-0.4, -0.2) is 36.9 Å². The second kappa shape index (κ2) is 9.54. The van der Waals surface area contributed by atoms with Crippen molar-refractivity contribution in [3.05, 3.63) is 69.8 Å². The molecule has 3 rings (SSSR count). The van der Waals surface area contributed by atoms with E-state index < -0.39 is 5.97 Å². The minimum absolute atomic E-state index is 0.0597. The van der Waals surface area contributed by atoms with Crippen LogP contribution < -0.4 is 9.47 Å². The standard InChI is InChI=1S/C23H23NO5S/c1-5-29-23(26)20-21(25)19(12-15-10-17(27-3)13-18(11-15)28-4)30-22(20)24-16-8-6-7-14(2)9-16/h6-13,25H,5H2,1-4H3/b19-12+,24-22?. The molecule has 0 saturated carbocycles. The van der Waals surface area contributed by atoms with Gasteiger partial charge in [-0.1, -0.05) is 23.9 Å². The van der Waals surface area contributed by atoms with Crippen LogP contribution >= 0.6 is 11.8 Å². The predicted octanol–water partition coefficient (Wildman–Crippen LogP) is 5.21. The summed E-state index contributed by atoms with van der Waals surface area (Å²) in [6.45, 7) is 3.88. The Kier molecular flexibility index (Phi) is 6.84. The first kappa shape index (κ1) is 21.5. The molecule has 1 aliphatic rings. The van der Waals surface area contributed by atoms with Crippen molar-refractivity contribution in [2.45, 2.75) is 13.8 Å². The first-order valence-corrected chi connectivity index (χ1v) is 10.2. The molecule has 156 valence electrons. The van der Waals surface area contributed by atoms with Crippen LogP contribution in [0.15, 0.2) is 63.7 Å². The van der Waals surface area contributed by atoms with Crippen molar-refractivity contribution < 1.29 is 24.1 Å². The van der Waals surface area contributed by atoms with E-state index in [-0.39, 0.29) is 17.9 Å². The molecule has 0 saturated heterocycles. The summed E-state index contributed by atoms with van der Waals surface area (Å²) in [7, 11) is 3.14. The van der Waals surface area contributed by atoms with Gasteiger partial charge in [0.15, 0.2) is 0 Å². The Hall–Kier alpha value is -3.19. The molecule has 0 aromatic heterocycles. The first-order chi connectivity index (χ1) is 14.4. The second-order valence-corrected chi connectivity index (χ2v) is 7.49. The highest BCUT2D eigenvalue weighted by Gasteiger charge is 2.33. The van der Waals surface area contributed by atoms with Gasteiger partial charge in [0.2, 0.25) is 0 Å². The van der Waals surface area contributed by atoms with Crippen LogP contribution in [0, 0.1) is 6.92 Å². The second-order valence-electron chi connectivity index (χ2n) is 6.46. The lowest BCUT2D eigenvalue weighted by atomic mass is 10.1. The number of rotatable bonds is 6. The Morgan fingerprint density at radius 2 is 1.83 bits per heavy atom. The summed E-state index contributed by atoms with van der Waals surface area (Å²) in [4.78, 5) is 17.6. The summed E-state index contributed by atoms with van der Waals surface area (Å²) in [6, 6.07) is 13.0. The highest BCUT2D eigenvalue weighted by Crippen LogP contribution is 2.40. The summed E-state index contributed by atoms with van der Waals surface area (Å²) < 4.78 is 15.7. The minimum atomic E-state index is -0.611. The lowest BCUT2D eigenvalue weighted by molar-refractivity contribution is -0.138. The quantitative estimate of drug-likeness (QED) is 0.641. The zero-order valence-corrected chi connectivity index (χ0v) is 18.1. The van der Waals surface area contributed by atoms with E-state index in [1.807, 2.05) is 43.3 Å². The van der Waals surface area contributed by atoms with Crippen molar-refractivity contribution in [3.63, 3.8) is 0 Å². The summed E-state index contributed by atoms with van der Waals surface area (Å²) >= 11 is 1.21. The number of benzene rings is 2. The monoisotopic (exact) mass is 425 g/mol. The van der Waals surface area contributed by atoms with Crippen molar-refractivity contribution in [2.75, 3.05) is 20.8 Å². The Balaban J connectivity index is 2.07. The molecule has 0 atom stereocenters. The van der Waals surface area contributed by atoms with Gasteiger partial charge >= 0.3 is 5.97 Å². The Labute approximate surface area is 179 Å². The van der Waals surface area contributed by atoms with Crippen LogP contribution in [0.25, 0.3) is 6.08 Å². The average molecular weight is 426 g/mol. The van der Waals surface area contributed by atoms with Gasteiger partial charge in [-0.25, -0.2) is 9.79 Å². The smallest absolute Gasteiger partial charge is 0.344 e. The fraction of sp³-hybridized carbons (Fsp3) is 0.217. The number of hydrogen-bond acceptors (Lipinski definition) is 7. The summed E-state index contributed by atoms with van der Waals surface area (Å²) in [6.07, 6.45) is 1.75. The highest BCUT2D eigenvalue weighted by atomic mass is 32.2. The average Bonchev–Trinajstić information content (AvgIpc) is 3.02. The van der Waals surface area contributed by atoms with E-state index in [1.54, 1.807) is 33.3 Å². The third-order valence-corrected chi connectivity index (χ3v) is 5.29. The van der Waals surface area contributed by atoms with E-state index in [9.17, 15) is 9.90 Å². The molecule has 0 aliphatic carbocycles. The van der Waals surface area contributed by atoms with Gasteiger partial charge in [-0.2, -0.15) is 0 Å². The minimum Gasteiger partial charge on any atom is -0.506 e. The lowest BCUT2D eigenvalue weighted by Crippen LogP contribution is -2.12. The predicted molar refractivity (Wildman–Crippen MR) is 120 cm³/mol. The highest BCUT2D eigenvalue weighted by molar-refractivity contribution is 8.18. The van der Waals surface area contributed by atoms with E-state index in [0.717, 1.165) is 11.1 Å². The van der Waals surface area contributed by atoms with Crippen molar-refractivity contribution in [1.29, 1.82) is 0 Å². The molecule has 2 aromatic carbocycles. The van der Waals surface area contributed by atoms with Crippen LogP contribution in [0.3, 0.4) is 0 Å². The number of carbonyl (C=O) groups is 1. The zero-order valence-electron chi connectivity index (χ0n) is 17.3. The molecule has 30 heavy (non-hydrogen) atoms. The van der Waals surface area contributed by atoms with Gasteiger partial charge in [0.25, 0.3) is 0 Å².